The van der Waals surface area contributed by atoms with Crippen LogP contribution in [0.25, 0.3) is 0 Å². The number of nitrogens with one attached hydrogen (secondary N) is 6. The Hall–Kier alpha value is -6.11. The fourth-order valence-corrected chi connectivity index (χ4v) is 6.28. The minimum atomic E-state index is -1.36. The molecular formula is C36H48N10O9. The maximum Gasteiger partial charge on any atom is 0.326 e. The quantitative estimate of drug-likeness (QED) is 0.0671. The number of carboxylic acids is 2. The van der Waals surface area contributed by atoms with Gasteiger partial charge in [0.2, 0.25) is 29.5 Å². The molecule has 0 aliphatic carbocycles. The summed E-state index contributed by atoms with van der Waals surface area (Å²) in [7, 11) is 0. The maximum atomic E-state index is 14.1. The predicted octanol–water partition coefficient (Wildman–Crippen LogP) is -0.976. The monoisotopic (exact) mass is 764 g/mol. The Bertz CT molecular complexity index is 1770. The summed E-state index contributed by atoms with van der Waals surface area (Å²) in [6.45, 7) is 3.79. The van der Waals surface area contributed by atoms with E-state index >= 15 is 0 Å². The Morgan fingerprint density at radius 1 is 0.800 bits per heavy atom. The van der Waals surface area contributed by atoms with Crippen LogP contribution in [-0.4, -0.2) is 119 Å². The normalized spacial score (nSPS) is 16.7. The van der Waals surface area contributed by atoms with Crippen LogP contribution in [0.2, 0.25) is 0 Å². The number of nitrogens with two attached hydrogens (primary N) is 1. The van der Waals surface area contributed by atoms with Gasteiger partial charge in [-0.3, -0.25) is 28.8 Å². The lowest BCUT2D eigenvalue weighted by molar-refractivity contribution is -0.144. The van der Waals surface area contributed by atoms with Crippen molar-refractivity contribution in [3.63, 3.8) is 0 Å². The summed E-state index contributed by atoms with van der Waals surface area (Å²) in [5.74, 6) is -6.24. The third kappa shape index (κ3) is 12.5. The van der Waals surface area contributed by atoms with E-state index in [0.717, 1.165) is 0 Å². The van der Waals surface area contributed by atoms with Gasteiger partial charge in [-0.2, -0.15) is 0 Å². The number of carbonyl (C=O) groups excluding carboxylic acids is 5. The summed E-state index contributed by atoms with van der Waals surface area (Å²) < 4.78 is 0. The average Bonchev–Trinajstić information content (AvgIpc) is 3.94. The topological polar surface area (TPSA) is 295 Å². The summed E-state index contributed by atoms with van der Waals surface area (Å²) in [4.78, 5) is 107. The lowest BCUT2D eigenvalue weighted by Crippen LogP contribution is -2.60. The van der Waals surface area contributed by atoms with Gasteiger partial charge in [0.15, 0.2) is 0 Å². The van der Waals surface area contributed by atoms with E-state index in [1.807, 2.05) is 13.8 Å². The standard InChI is InChI=1S/C36H48N10O9/c1-20(2)11-28(36(54)55)45-33(51)26(13-22-16-38-18-40-22)43-31(49)25(12-21-7-4-3-5-8-21)42-32(50)27(14-23-17-39-19-41-23)44-34(52)29-9-6-10-46(29)35(53)24(37)15-30(47)48/h3-5,7-8,16-20,24-29H,6,9-15,37H2,1-2H3,(H,38,40)(H,39,41)(H,42,50)(H,43,49)(H,44,52)(H,45,51)(H,47,48)(H,54,55)/t24-,25-,26-,27-,28-,29-/m0/s1. The van der Waals surface area contributed by atoms with E-state index in [2.05, 4.69) is 41.2 Å². The molecule has 4 rings (SSSR count). The highest BCUT2D eigenvalue weighted by Gasteiger charge is 2.39. The van der Waals surface area contributed by atoms with Crippen LogP contribution in [-0.2, 0) is 52.8 Å². The molecule has 1 saturated heterocycles. The van der Waals surface area contributed by atoms with Crippen LogP contribution in [0.3, 0.4) is 0 Å². The van der Waals surface area contributed by atoms with Crippen LogP contribution in [0.15, 0.2) is 55.4 Å². The van der Waals surface area contributed by atoms with Gasteiger partial charge in [0.1, 0.15) is 30.2 Å². The fraction of sp³-hybridized carbons (Fsp3) is 0.472. The number of rotatable bonds is 20. The van der Waals surface area contributed by atoms with Crippen LogP contribution in [0.1, 0.15) is 56.5 Å². The second kappa shape index (κ2) is 19.8. The number of aromatic amines is 2. The Morgan fingerprint density at radius 2 is 1.33 bits per heavy atom. The highest BCUT2D eigenvalue weighted by molar-refractivity contribution is 5.97. The van der Waals surface area contributed by atoms with E-state index in [1.54, 1.807) is 30.3 Å². The van der Waals surface area contributed by atoms with Gasteiger partial charge in [0.25, 0.3) is 0 Å². The zero-order valence-corrected chi connectivity index (χ0v) is 30.6. The highest BCUT2D eigenvalue weighted by atomic mass is 16.4. The van der Waals surface area contributed by atoms with Crippen LogP contribution in [0, 0.1) is 5.92 Å². The first kappa shape index (κ1) is 41.6. The summed E-state index contributed by atoms with van der Waals surface area (Å²) >= 11 is 0. The number of nitrogens with zero attached hydrogens (tertiary/aromatic N) is 3. The number of carboxylic acid groups (broad SMARTS) is 2. The van der Waals surface area contributed by atoms with Gasteiger partial charge in [-0.25, -0.2) is 14.8 Å². The Labute approximate surface area is 316 Å². The smallest absolute Gasteiger partial charge is 0.326 e. The summed E-state index contributed by atoms with van der Waals surface area (Å²) in [6.07, 6.45) is 5.70. The minimum Gasteiger partial charge on any atom is -0.481 e. The number of likely N-dealkylation sites (tertiary alicyclic amines) is 1. The largest absolute Gasteiger partial charge is 0.481 e. The number of hydrogen-bond acceptors (Lipinski definition) is 10. The fourth-order valence-electron chi connectivity index (χ4n) is 6.28. The van der Waals surface area contributed by atoms with Gasteiger partial charge in [0.05, 0.1) is 25.1 Å². The lowest BCUT2D eigenvalue weighted by atomic mass is 10.0. The first-order valence-corrected chi connectivity index (χ1v) is 17.9. The molecule has 2 aromatic heterocycles. The van der Waals surface area contributed by atoms with Gasteiger partial charge in [0, 0.05) is 49.6 Å². The Balaban J connectivity index is 1.58. The van der Waals surface area contributed by atoms with Crippen LogP contribution in [0.4, 0.5) is 0 Å². The number of aromatic nitrogens is 4. The third-order valence-electron chi connectivity index (χ3n) is 9.01. The van der Waals surface area contributed by atoms with Crippen molar-refractivity contribution in [3.8, 4) is 0 Å². The van der Waals surface area contributed by atoms with Crippen molar-refractivity contribution < 1.29 is 43.8 Å². The van der Waals surface area contributed by atoms with E-state index in [9.17, 15) is 38.7 Å². The highest BCUT2D eigenvalue weighted by Crippen LogP contribution is 2.19. The van der Waals surface area contributed by atoms with Crippen molar-refractivity contribution in [2.75, 3.05) is 6.54 Å². The first-order valence-electron chi connectivity index (χ1n) is 17.9. The molecule has 0 radical (unpaired) electrons. The molecule has 1 fully saturated rings. The Kier molecular flexibility index (Phi) is 15.0. The van der Waals surface area contributed by atoms with E-state index in [4.69, 9.17) is 10.8 Å². The minimum absolute atomic E-state index is 0.0288. The molecule has 3 heterocycles. The molecule has 19 heteroatoms. The SMILES string of the molecule is CC(C)C[C@H](NC(=O)[C@H](Cc1cnc[nH]1)NC(=O)[C@H](Cc1ccccc1)NC(=O)[C@H](Cc1cnc[nH]1)NC(=O)[C@@H]1CCCN1C(=O)[C@@H](N)CC(=O)O)C(=O)O. The van der Waals surface area contributed by atoms with Crippen molar-refractivity contribution in [1.82, 2.24) is 46.1 Å². The summed E-state index contributed by atoms with van der Waals surface area (Å²) in [5.41, 5.74) is 7.43. The van der Waals surface area contributed by atoms with Crippen molar-refractivity contribution in [2.45, 2.75) is 95.0 Å². The molecule has 3 aromatic rings. The average molecular weight is 765 g/mol. The molecule has 0 unspecified atom stereocenters. The van der Waals surface area contributed by atoms with Crippen molar-refractivity contribution in [3.05, 3.63) is 72.3 Å². The molecule has 0 spiro atoms. The number of benzene rings is 1. The van der Waals surface area contributed by atoms with E-state index in [1.165, 1.54) is 29.9 Å². The van der Waals surface area contributed by atoms with Gasteiger partial charge in [-0.1, -0.05) is 44.2 Å². The predicted molar refractivity (Wildman–Crippen MR) is 195 cm³/mol. The van der Waals surface area contributed by atoms with Crippen molar-refractivity contribution in [1.29, 1.82) is 0 Å². The van der Waals surface area contributed by atoms with E-state index in [0.29, 0.717) is 23.4 Å². The molecule has 296 valence electrons. The molecule has 6 atom stereocenters. The van der Waals surface area contributed by atoms with Gasteiger partial charge < -0.3 is 52.1 Å². The summed E-state index contributed by atoms with van der Waals surface area (Å²) in [5, 5.41) is 29.5. The second-order valence-corrected chi connectivity index (χ2v) is 13.9. The number of carbonyl (C=O) groups is 7. The number of amides is 5. The van der Waals surface area contributed by atoms with Crippen molar-refractivity contribution >= 4 is 41.5 Å². The molecular weight excluding hydrogens is 716 g/mol. The zero-order valence-electron chi connectivity index (χ0n) is 30.6. The second-order valence-electron chi connectivity index (χ2n) is 13.9. The molecule has 55 heavy (non-hydrogen) atoms. The molecule has 1 aromatic carbocycles. The van der Waals surface area contributed by atoms with Crippen LogP contribution < -0.4 is 27.0 Å². The van der Waals surface area contributed by atoms with Gasteiger partial charge in [-0.15, -0.1) is 0 Å². The number of hydrogen-bond donors (Lipinski definition) is 9. The molecule has 0 bridgehead atoms. The third-order valence-corrected chi connectivity index (χ3v) is 9.01. The zero-order chi connectivity index (χ0) is 40.1. The molecule has 19 nitrogen and oxygen atoms in total. The molecule has 1 aliphatic rings. The van der Waals surface area contributed by atoms with Gasteiger partial charge in [-0.05, 0) is 30.7 Å². The van der Waals surface area contributed by atoms with Crippen LogP contribution in [0.5, 0.6) is 0 Å². The number of imidazole rings is 2. The van der Waals surface area contributed by atoms with E-state index in [-0.39, 0.29) is 44.6 Å². The van der Waals surface area contributed by atoms with Crippen LogP contribution >= 0.6 is 0 Å². The first-order chi connectivity index (χ1) is 26.2. The molecule has 0 saturated carbocycles. The lowest BCUT2D eigenvalue weighted by Gasteiger charge is -2.29. The van der Waals surface area contributed by atoms with Crippen molar-refractivity contribution in [2.24, 2.45) is 11.7 Å². The summed E-state index contributed by atoms with van der Waals surface area (Å²) in [6, 6.07) is 1.29. The molecule has 5 amide bonds. The van der Waals surface area contributed by atoms with Gasteiger partial charge >= 0.3 is 11.9 Å². The Morgan fingerprint density at radius 3 is 1.82 bits per heavy atom. The number of H-pyrrole nitrogens is 2. The maximum absolute atomic E-state index is 14.1. The molecule has 1 aliphatic heterocycles. The van der Waals surface area contributed by atoms with E-state index < -0.39 is 84.1 Å². The molecule has 10 N–H and O–H groups in total. The number of aliphatic carboxylic acids is 2.